The highest BCUT2D eigenvalue weighted by Gasteiger charge is 2.28. The number of imide groups is 2. The topological polar surface area (TPSA) is 451 Å². The van der Waals surface area contributed by atoms with Crippen molar-refractivity contribution in [3.8, 4) is 0 Å². The first-order chi connectivity index (χ1) is 26.5. The second-order valence-electron chi connectivity index (χ2n) is 10.8. The molecule has 26 nitrogen and oxygen atoms in total. The number of ether oxygens (including phenoxy) is 1. The lowest BCUT2D eigenvalue weighted by atomic mass is 10.3. The number of aliphatic imine (C=N–C) groups is 1. The first-order valence-electron chi connectivity index (χ1n) is 15.8. The number of carbonyl (C=O) groups excluding carboxylic acids is 4. The summed E-state index contributed by atoms with van der Waals surface area (Å²) in [5.74, 6) is 2.01. The number of urea groups is 1. The van der Waals surface area contributed by atoms with Crippen LogP contribution >= 0.6 is 28.1 Å². The van der Waals surface area contributed by atoms with Gasteiger partial charge < -0.3 is 48.2 Å². The van der Waals surface area contributed by atoms with Gasteiger partial charge in [0.05, 0.1) is 11.1 Å². The van der Waals surface area contributed by atoms with Gasteiger partial charge in [0.2, 0.25) is 5.91 Å². The van der Waals surface area contributed by atoms with Crippen LogP contribution in [0.4, 0.5) is 22.1 Å². The van der Waals surface area contributed by atoms with Crippen LogP contribution in [0, 0.1) is 11.6 Å². The maximum Gasteiger partial charge on any atom is 0.354 e. The van der Waals surface area contributed by atoms with Gasteiger partial charge in [0.1, 0.15) is 45.6 Å². The average molecular weight is 886 g/mol. The van der Waals surface area contributed by atoms with Crippen LogP contribution in [0.15, 0.2) is 31.0 Å². The molecule has 2 aliphatic rings. The molecular weight excluding hydrogens is 844 g/mol. The molecule has 0 saturated carbocycles. The van der Waals surface area contributed by atoms with Gasteiger partial charge in [-0.1, -0.05) is 19.1 Å². The van der Waals surface area contributed by atoms with Crippen LogP contribution < -0.4 is 56.4 Å². The summed E-state index contributed by atoms with van der Waals surface area (Å²) in [6.07, 6.45) is 3.43. The number of H-pyrrole nitrogens is 3. The van der Waals surface area contributed by atoms with Gasteiger partial charge in [-0.15, -0.1) is 0 Å². The number of halogens is 1. The summed E-state index contributed by atoms with van der Waals surface area (Å²) in [6, 6.07) is -0.874. The Morgan fingerprint density at radius 3 is 2.18 bits per heavy atom. The number of barbiturate groups is 1. The number of nitrogens with zero attached hydrogens (tertiary/aromatic N) is 5. The van der Waals surface area contributed by atoms with E-state index in [1.165, 1.54) is 6.21 Å². The van der Waals surface area contributed by atoms with E-state index < -0.39 is 58.4 Å². The summed E-state index contributed by atoms with van der Waals surface area (Å²) < 4.78 is 5.79. The zero-order chi connectivity index (χ0) is 43.8. The minimum atomic E-state index is -1.64. The predicted molar refractivity (Wildman–Crippen MR) is 209 cm³/mol. The number of amides is 4. The Morgan fingerprint density at radius 2 is 1.70 bits per heavy atom. The number of nitrogen functional groups attached to an aromatic ring is 3. The van der Waals surface area contributed by atoms with E-state index in [1.807, 2.05) is 17.2 Å². The smallest absolute Gasteiger partial charge is 0.354 e. The molecular formula is C29H41BrN16O10S. The molecule has 0 aliphatic carbocycles. The average Bonchev–Trinajstić information content (AvgIpc) is 3.11. The SMILES string of the molecule is CC1=C(Br)C=NC(N)(O)N1.CCOC(=O)c1c(N)[nH]c(CC)nc1=S.Cc1ncc(CN)c(N)n1.NN1C(=O)CC(=O)NC1=O.Nc1c(C(=O)O)[nH]c(=O)[nH]c1=O. The second-order valence-corrected chi connectivity index (χ2v) is 12.0. The molecule has 0 bridgehead atoms. The summed E-state index contributed by atoms with van der Waals surface area (Å²) >= 11 is 8.18. The third kappa shape index (κ3) is 15.7. The standard InChI is InChI=1S/C9H13N3O2S.C6H10N4.C5H8BrN3O.C5H5N3O4.C4H5N3O3/c1-3-5-11-7(10)6(8(15)12-5)9(13)14-4-2;1-4-9-3-5(2-7)6(8)10-4;1-3-4(6)2-8-5(7,10)9-3;6-1-2(4(10)11)7-5(12)8-3(1)9;5-7-3(9)1-2(8)6-4(7)10/h3-4H2,1-2H3,(H3,10,11,12,15);3H,2,7H2,1H3,(H2,8,9,10);2,9-10H,7H2,1H3;6H2,(H,10,11)(H2,7,8,9,12);1,5H2,(H,6,8,10). The fourth-order valence-corrected chi connectivity index (χ4v) is 4.13. The van der Waals surface area contributed by atoms with E-state index in [-0.39, 0.29) is 29.0 Å². The van der Waals surface area contributed by atoms with Crippen molar-refractivity contribution in [2.24, 2.45) is 22.3 Å². The highest BCUT2D eigenvalue weighted by Crippen LogP contribution is 2.14. The number of carboxylic acids is 1. The number of aromatic nitrogens is 6. The molecule has 0 spiro atoms. The number of hydrazine groups is 1. The van der Waals surface area contributed by atoms with E-state index in [9.17, 15) is 33.6 Å². The molecule has 1 unspecified atom stereocenters. The van der Waals surface area contributed by atoms with Crippen molar-refractivity contribution >= 4 is 81.5 Å². The summed E-state index contributed by atoms with van der Waals surface area (Å²) in [4.78, 5) is 96.4. The van der Waals surface area contributed by atoms with E-state index in [1.54, 1.807) is 32.0 Å². The van der Waals surface area contributed by atoms with Crippen LogP contribution in [0.1, 0.15) is 65.3 Å². The number of anilines is 3. The summed E-state index contributed by atoms with van der Waals surface area (Å²) in [6.45, 7) is 7.88. The molecule has 19 N–H and O–H groups in total. The summed E-state index contributed by atoms with van der Waals surface area (Å²) in [5, 5.41) is 22.3. The number of esters is 1. The number of rotatable bonds is 5. The molecule has 3 aromatic rings. The van der Waals surface area contributed by atoms with Gasteiger partial charge in [-0.2, -0.15) is 5.01 Å². The minimum Gasteiger partial charge on any atom is -0.477 e. The first kappa shape index (κ1) is 48.6. The van der Waals surface area contributed by atoms with Gasteiger partial charge in [0, 0.05) is 36.6 Å². The van der Waals surface area contributed by atoms with Crippen molar-refractivity contribution in [1.82, 2.24) is 45.5 Å². The largest absolute Gasteiger partial charge is 0.477 e. The minimum absolute atomic E-state index is 0.143. The number of allylic oxidation sites excluding steroid dienone is 2. The zero-order valence-electron chi connectivity index (χ0n) is 30.6. The molecule has 1 fully saturated rings. The zero-order valence-corrected chi connectivity index (χ0v) is 33.0. The van der Waals surface area contributed by atoms with Crippen LogP contribution in [0.2, 0.25) is 0 Å². The van der Waals surface area contributed by atoms with E-state index >= 15 is 0 Å². The molecule has 2 aliphatic heterocycles. The molecule has 28 heteroatoms. The summed E-state index contributed by atoms with van der Waals surface area (Å²) in [7, 11) is 0. The highest BCUT2D eigenvalue weighted by molar-refractivity contribution is 9.12. The van der Waals surface area contributed by atoms with E-state index in [0.29, 0.717) is 35.4 Å². The van der Waals surface area contributed by atoms with Gasteiger partial charge in [0.25, 0.3) is 17.4 Å². The Bertz CT molecular complexity index is 2200. The van der Waals surface area contributed by atoms with Crippen molar-refractivity contribution in [2.45, 2.75) is 53.1 Å². The van der Waals surface area contributed by atoms with Gasteiger partial charge in [-0.25, -0.2) is 45.0 Å². The predicted octanol–water partition coefficient (Wildman–Crippen LogP) is -2.19. The number of nitrogens with one attached hydrogen (secondary N) is 5. The van der Waals surface area contributed by atoms with Crippen molar-refractivity contribution in [3.05, 3.63) is 70.3 Å². The maximum atomic E-state index is 11.5. The van der Waals surface area contributed by atoms with Crippen molar-refractivity contribution in [3.63, 3.8) is 0 Å². The van der Waals surface area contributed by atoms with Gasteiger partial charge in [0.15, 0.2) is 5.69 Å². The molecule has 1 saturated heterocycles. The normalized spacial score (nSPS) is 15.5. The molecule has 1 atom stereocenters. The first-order valence-corrected chi connectivity index (χ1v) is 17.0. The number of carboxylic acid groups (broad SMARTS) is 1. The van der Waals surface area contributed by atoms with Crippen LogP contribution in [-0.4, -0.2) is 93.7 Å². The molecule has 5 rings (SSSR count). The van der Waals surface area contributed by atoms with Gasteiger partial charge in [-0.3, -0.25) is 35.4 Å². The fourth-order valence-electron chi connectivity index (χ4n) is 3.62. The van der Waals surface area contributed by atoms with Crippen LogP contribution in [0.5, 0.6) is 0 Å². The van der Waals surface area contributed by atoms with Gasteiger partial charge >= 0.3 is 23.7 Å². The second kappa shape index (κ2) is 22.2. The molecule has 0 radical (unpaired) electrons. The number of nitrogens with two attached hydrogens (primary N) is 6. The molecule has 4 amide bonds. The number of aromatic carboxylic acids is 1. The number of aryl methyl sites for hydroxylation is 2. The lowest BCUT2D eigenvalue weighted by Crippen LogP contribution is -2.55. The fraction of sp³-hybridized carbons (Fsp3) is 0.310. The molecule has 310 valence electrons. The Balaban J connectivity index is 0.000000360. The molecule has 5 heterocycles. The quantitative estimate of drug-likeness (QED) is 0.0323. The number of hydrogen-bond donors (Lipinski definition) is 13. The Hall–Kier alpha value is -6.46. The number of aliphatic hydroxyl groups is 1. The molecule has 57 heavy (non-hydrogen) atoms. The van der Waals surface area contributed by atoms with E-state index in [2.05, 4.69) is 46.2 Å². The van der Waals surface area contributed by atoms with Gasteiger partial charge in [-0.05, 0) is 36.7 Å². The van der Waals surface area contributed by atoms with E-state index in [0.717, 1.165) is 15.7 Å². The third-order valence-corrected chi connectivity index (χ3v) is 7.49. The molecule has 0 aromatic carbocycles. The Labute approximate surface area is 334 Å². The Morgan fingerprint density at radius 1 is 1.07 bits per heavy atom. The number of aromatic amines is 3. The van der Waals surface area contributed by atoms with Crippen LogP contribution in [0.3, 0.4) is 0 Å². The lowest BCUT2D eigenvalue weighted by Gasteiger charge is -2.24. The van der Waals surface area contributed by atoms with Crippen molar-refractivity contribution < 1.29 is 38.9 Å². The van der Waals surface area contributed by atoms with Crippen molar-refractivity contribution in [2.75, 3.05) is 23.8 Å². The van der Waals surface area contributed by atoms with Crippen LogP contribution in [0.25, 0.3) is 0 Å². The Kier molecular flexibility index (Phi) is 18.9. The van der Waals surface area contributed by atoms with E-state index in [4.69, 9.17) is 61.7 Å². The summed E-state index contributed by atoms with van der Waals surface area (Å²) in [5.41, 5.74) is 25.6. The maximum absolute atomic E-state index is 11.5. The van der Waals surface area contributed by atoms with Crippen molar-refractivity contribution in [1.29, 1.82) is 0 Å². The lowest BCUT2D eigenvalue weighted by molar-refractivity contribution is -0.136. The third-order valence-electron chi connectivity index (χ3n) is 6.39. The monoisotopic (exact) mass is 884 g/mol. The highest BCUT2D eigenvalue weighted by atomic mass is 79.9. The number of hydrogen-bond acceptors (Lipinski definition) is 21. The van der Waals surface area contributed by atoms with Crippen LogP contribution in [-0.2, 0) is 27.3 Å². The number of carbonyl (C=O) groups is 5. The molecule has 3 aromatic heterocycles.